The highest BCUT2D eigenvalue weighted by atomic mass is 19.4. The first kappa shape index (κ1) is 92.3. The summed E-state index contributed by atoms with van der Waals surface area (Å²) in [5.41, 5.74) is 14.7. The molecule has 8 heterocycles. The quantitative estimate of drug-likeness (QED) is 0.0118. The van der Waals surface area contributed by atoms with Crippen molar-refractivity contribution in [2.45, 2.75) is 69.4 Å². The highest BCUT2D eigenvalue weighted by molar-refractivity contribution is 5.81. The van der Waals surface area contributed by atoms with Gasteiger partial charge in [-0.2, -0.15) is 88.0 Å². The normalized spacial score (nSPS) is 12.6. The molecule has 131 heavy (non-hydrogen) atoms. The summed E-state index contributed by atoms with van der Waals surface area (Å²) in [4.78, 5) is 48.4. The zero-order valence-corrected chi connectivity index (χ0v) is 67.7. The fourth-order valence-corrected chi connectivity index (χ4v) is 11.2. The van der Waals surface area contributed by atoms with E-state index in [0.717, 1.165) is 105 Å². The minimum atomic E-state index is -4.42. The van der Waals surface area contributed by atoms with Crippen molar-refractivity contribution in [2.75, 3.05) is 58.9 Å². The van der Waals surface area contributed by atoms with Gasteiger partial charge in [-0.25, -0.2) is 64.2 Å². The molecule has 16 rings (SSSR count). The van der Waals surface area contributed by atoms with Crippen LogP contribution in [0.2, 0.25) is 0 Å². The predicted molar refractivity (Wildman–Crippen MR) is 465 cm³/mol. The molecule has 14 aromatic rings. The second-order valence-corrected chi connectivity index (χ2v) is 28.2. The Morgan fingerprint density at radius 3 is 0.962 bits per heavy atom. The van der Waals surface area contributed by atoms with E-state index in [-0.39, 0.29) is 58.7 Å². The molecule has 0 unspecified atom stereocenters. The van der Waals surface area contributed by atoms with Gasteiger partial charge in [0.2, 0.25) is 23.8 Å². The zero-order valence-electron chi connectivity index (χ0n) is 67.7. The minimum Gasteiger partial charge on any atom is -0.365 e. The maximum Gasteiger partial charge on any atom is 0.416 e. The summed E-state index contributed by atoms with van der Waals surface area (Å²) in [6.07, 6.45) is 2.80. The Kier molecular flexibility index (Phi) is 30.4. The predicted octanol–water partition coefficient (Wildman–Crippen LogP) is 21.8. The van der Waals surface area contributed by atoms with Crippen LogP contribution in [0, 0.1) is 29.2 Å². The summed E-state index contributed by atoms with van der Waals surface area (Å²) in [7, 11) is 0. The van der Waals surface area contributed by atoms with E-state index in [1.54, 1.807) is 72.8 Å². The molecule has 2 aliphatic rings. The molecule has 27 nitrogen and oxygen atoms in total. The highest BCUT2D eigenvalue weighted by Crippen LogP contribution is 2.37. The maximum atomic E-state index is 14.0. The second-order valence-electron chi connectivity index (χ2n) is 28.2. The fraction of sp³-hybridized carbons (Fsp3) is 0.136. The van der Waals surface area contributed by atoms with Crippen LogP contribution >= 0.6 is 0 Å². The SMILES string of the molecule is Fc1cnc(N/N=C/c2ccc(Nc3cccc(C(F)(F)F)c3)cn2)nc1CC1CC1.Fc1cnc(N/N=C/c2ccc(Nc3cccc(C(F)(F)F)c3)cn2)nc1NC1CC1.Fc1cnc(N/N=C/c2ccc(Nc3cccc(C(F)(F)F)c3)cn2)nc1NCc1ccccc1.Fc1cnc(N/N=C/c2ccc(Nc3cccc(C(F)(F)F)c3)cn2)nc1Nc1ccccc1. The van der Waals surface area contributed by atoms with Crippen molar-refractivity contribution < 1.29 is 70.2 Å². The molecule has 2 aliphatic carbocycles. The number of alkyl halides is 12. The smallest absolute Gasteiger partial charge is 0.365 e. The van der Waals surface area contributed by atoms with Crippen molar-refractivity contribution in [3.8, 4) is 0 Å². The number of para-hydroxylation sites is 1. The number of hydrazone groups is 4. The van der Waals surface area contributed by atoms with Crippen molar-refractivity contribution in [1.82, 2.24) is 59.8 Å². The van der Waals surface area contributed by atoms with Crippen molar-refractivity contribution in [3.63, 3.8) is 0 Å². The van der Waals surface area contributed by atoms with E-state index in [1.807, 2.05) is 36.4 Å². The van der Waals surface area contributed by atoms with E-state index in [1.165, 1.54) is 98.2 Å². The van der Waals surface area contributed by atoms with E-state index in [0.29, 0.717) is 87.2 Å². The second kappa shape index (κ2) is 43.2. The van der Waals surface area contributed by atoms with E-state index in [2.05, 4.69) is 139 Å². The molecular formula is C88H71F16N27. The standard InChI is InChI=1S/C24H19F4N7.C23H17F4N7.C21H18F4N6.C20H17F4N7/c25-21-15-31-23(34-22(21)30-12-16-5-2-1-3-6-16)35-32-14-19-9-10-20(13-29-19)33-18-8-4-7-17(11-18)24(26,27)28;24-20-14-29-22(33-21(20)32-16-6-2-1-3-7-16)34-30-13-18-9-10-19(12-28-18)31-17-8-4-5-15(11-17)23(25,26)27;22-18-12-27-20(30-19(18)8-13-4-5-13)31-28-11-16-6-7-17(10-26-16)29-15-3-1-2-14(9-15)21(23,24)25;21-17-11-26-19(30-18(17)29-13-4-5-13)31-27-10-15-6-7-16(9-25-15)28-14-3-1-2-12(8-14)20(22,23)24/h1-11,13-15,33H,12H2,(H2,30,31,34,35);1-14,31H,(H2,29,32,33,34);1-3,6-7,9-13,29H,4-5,8H2,(H,27,30,31);1-3,6-11,13,28H,4-5H2,(H2,26,29,30,31)/b32-14+;30-13+;28-11+;27-10+. The number of nitrogens with zero attached hydrogens (tertiary/aromatic N) is 16. The Bertz CT molecular complexity index is 6060. The third-order valence-electron chi connectivity index (χ3n) is 18.0. The van der Waals surface area contributed by atoms with E-state index >= 15 is 0 Å². The average Bonchev–Trinajstić information content (AvgIpc) is 1.62. The summed E-state index contributed by atoms with van der Waals surface area (Å²) in [5.74, 6) is -1.07. The molecule has 11 N–H and O–H groups in total. The molecule has 2 fully saturated rings. The van der Waals surface area contributed by atoms with Crippen LogP contribution in [-0.4, -0.2) is 90.7 Å². The number of hydrogen-bond acceptors (Lipinski definition) is 27. The molecule has 0 amide bonds. The van der Waals surface area contributed by atoms with Crippen LogP contribution in [0.1, 0.15) is 82.0 Å². The van der Waals surface area contributed by atoms with Crippen LogP contribution in [0.15, 0.2) is 276 Å². The van der Waals surface area contributed by atoms with Crippen molar-refractivity contribution in [1.29, 1.82) is 0 Å². The lowest BCUT2D eigenvalue weighted by Gasteiger charge is -2.10. The number of halogens is 16. The maximum absolute atomic E-state index is 14.0. The average molecular weight is 1810 g/mol. The van der Waals surface area contributed by atoms with Gasteiger partial charge in [-0.3, -0.25) is 19.9 Å². The Morgan fingerprint density at radius 2 is 0.618 bits per heavy atom. The van der Waals surface area contributed by atoms with Gasteiger partial charge >= 0.3 is 24.7 Å². The number of nitrogens with one attached hydrogen (secondary N) is 11. The van der Waals surface area contributed by atoms with Gasteiger partial charge in [0, 0.05) is 41.0 Å². The largest absolute Gasteiger partial charge is 0.416 e. The van der Waals surface area contributed by atoms with Gasteiger partial charge in [-0.05, 0) is 177 Å². The van der Waals surface area contributed by atoms with Crippen LogP contribution in [0.3, 0.4) is 0 Å². The van der Waals surface area contributed by atoms with Crippen molar-refractivity contribution in [3.05, 3.63) is 335 Å². The van der Waals surface area contributed by atoms with Gasteiger partial charge in [0.15, 0.2) is 40.7 Å². The van der Waals surface area contributed by atoms with Gasteiger partial charge in [0.05, 0.1) is 148 Å². The van der Waals surface area contributed by atoms with Gasteiger partial charge in [-0.15, -0.1) is 0 Å². The summed E-state index contributed by atoms with van der Waals surface area (Å²) in [6.45, 7) is 0.391. The van der Waals surface area contributed by atoms with Crippen molar-refractivity contribution >= 4 is 117 Å². The third-order valence-corrected chi connectivity index (χ3v) is 18.0. The summed E-state index contributed by atoms with van der Waals surface area (Å²) < 4.78 is 209. The van der Waals surface area contributed by atoms with Gasteiger partial charge < -0.3 is 37.2 Å². The summed E-state index contributed by atoms with van der Waals surface area (Å²) in [5, 5.41) is 36.2. The van der Waals surface area contributed by atoms with Gasteiger partial charge in [0.25, 0.3) is 0 Å². The molecule has 43 heteroatoms. The highest BCUT2D eigenvalue weighted by Gasteiger charge is 2.34. The lowest BCUT2D eigenvalue weighted by molar-refractivity contribution is -0.138. The molecule has 670 valence electrons. The minimum absolute atomic E-state index is 0.0120. The molecule has 0 aliphatic heterocycles. The number of anilines is 16. The van der Waals surface area contributed by atoms with Crippen LogP contribution < -0.4 is 58.9 Å². The lowest BCUT2D eigenvalue weighted by atomic mass is 10.2. The molecule has 0 spiro atoms. The number of benzene rings is 6. The molecule has 8 aromatic heterocycles. The Hall–Kier alpha value is -16.4. The van der Waals surface area contributed by atoms with E-state index in [4.69, 9.17) is 0 Å². The first-order valence-electron chi connectivity index (χ1n) is 39.2. The first-order chi connectivity index (χ1) is 63.0. The molecule has 0 radical (unpaired) electrons. The van der Waals surface area contributed by atoms with E-state index in [9.17, 15) is 70.2 Å². The summed E-state index contributed by atoms with van der Waals surface area (Å²) in [6, 6.07) is 51.4. The van der Waals surface area contributed by atoms with Crippen LogP contribution in [0.25, 0.3) is 0 Å². The molecular weight excluding hydrogens is 1740 g/mol. The molecule has 0 saturated heterocycles. The Morgan fingerprint density at radius 1 is 0.298 bits per heavy atom. The van der Waals surface area contributed by atoms with E-state index < -0.39 is 70.2 Å². The molecule has 6 aromatic carbocycles. The number of hydrogen-bond donors (Lipinski definition) is 11. The van der Waals surface area contributed by atoms with Crippen molar-refractivity contribution in [2.24, 2.45) is 26.3 Å². The number of pyridine rings is 4. The number of aromatic nitrogens is 12. The first-order valence-corrected chi connectivity index (χ1v) is 39.2. The van der Waals surface area contributed by atoms with Crippen LogP contribution in [0.5, 0.6) is 0 Å². The fourth-order valence-electron chi connectivity index (χ4n) is 11.2. The molecule has 2 saturated carbocycles. The molecule has 0 atom stereocenters. The zero-order chi connectivity index (χ0) is 92.3. The van der Waals surface area contributed by atoms with Crippen LogP contribution in [-0.2, 0) is 37.7 Å². The third kappa shape index (κ3) is 29.6. The monoisotopic (exact) mass is 1810 g/mol. The summed E-state index contributed by atoms with van der Waals surface area (Å²) >= 11 is 0. The lowest BCUT2D eigenvalue weighted by Crippen LogP contribution is -2.08. The Balaban J connectivity index is 0.000000149. The van der Waals surface area contributed by atoms with Gasteiger partial charge in [-0.1, -0.05) is 72.8 Å². The number of rotatable bonds is 29. The van der Waals surface area contributed by atoms with Gasteiger partial charge in [0.1, 0.15) is 0 Å². The molecule has 0 bridgehead atoms. The topological polar surface area (TPSA) is 336 Å². The van der Waals surface area contributed by atoms with Crippen LogP contribution in [0.4, 0.5) is 163 Å². The Labute approximate surface area is 734 Å².